The van der Waals surface area contributed by atoms with Gasteiger partial charge in [0.15, 0.2) is 5.69 Å². The van der Waals surface area contributed by atoms with E-state index in [4.69, 9.17) is 5.53 Å². The molecular weight excluding hydrogens is 208 g/mol. The predicted octanol–water partition coefficient (Wildman–Crippen LogP) is 0.863. The fourth-order valence-electron chi connectivity index (χ4n) is 1.59. The highest BCUT2D eigenvalue weighted by atomic mass is 16.2. The highest BCUT2D eigenvalue weighted by Gasteiger charge is 2.31. The number of rotatable bonds is 2. The summed E-state index contributed by atoms with van der Waals surface area (Å²) in [7, 11) is 1.80. The van der Waals surface area contributed by atoms with E-state index in [2.05, 4.69) is 15.1 Å². The Balaban J connectivity index is 2.02. The maximum Gasteiger partial charge on any atom is 0.274 e. The molecule has 2 heterocycles. The average Bonchev–Trinajstić information content (AvgIpc) is 2.52. The number of hydrogen-bond acceptors (Lipinski definition) is 3. The minimum Gasteiger partial charge on any atom is -0.336 e. The van der Waals surface area contributed by atoms with Crippen LogP contribution >= 0.6 is 0 Å². The number of azide groups is 1. The minimum absolute atomic E-state index is 0.0845. The maximum absolute atomic E-state index is 11.9. The maximum atomic E-state index is 11.9. The van der Waals surface area contributed by atoms with Crippen LogP contribution in [0.2, 0.25) is 0 Å². The van der Waals surface area contributed by atoms with Crippen LogP contribution in [0.4, 0.5) is 0 Å². The fourth-order valence-corrected chi connectivity index (χ4v) is 1.59. The zero-order chi connectivity index (χ0) is 11.7. The molecule has 1 fully saturated rings. The first-order valence-corrected chi connectivity index (χ1v) is 4.96. The van der Waals surface area contributed by atoms with Gasteiger partial charge in [-0.2, -0.15) is 5.10 Å². The van der Waals surface area contributed by atoms with Gasteiger partial charge in [0, 0.05) is 30.7 Å². The van der Waals surface area contributed by atoms with Crippen LogP contribution in [0.15, 0.2) is 11.2 Å². The van der Waals surface area contributed by atoms with E-state index in [1.54, 1.807) is 22.7 Å². The van der Waals surface area contributed by atoms with Crippen LogP contribution in [-0.4, -0.2) is 39.7 Å². The van der Waals surface area contributed by atoms with Crippen LogP contribution in [-0.2, 0) is 7.05 Å². The third-order valence-corrected chi connectivity index (χ3v) is 2.70. The molecule has 7 heteroatoms. The molecule has 2 rings (SSSR count). The molecule has 84 valence electrons. The van der Waals surface area contributed by atoms with Gasteiger partial charge < -0.3 is 4.90 Å². The molecule has 0 saturated carbocycles. The Morgan fingerprint density at radius 3 is 2.88 bits per heavy atom. The lowest BCUT2D eigenvalue weighted by Crippen LogP contribution is -2.52. The van der Waals surface area contributed by atoms with Gasteiger partial charge in [-0.15, -0.1) is 0 Å². The third kappa shape index (κ3) is 1.72. The van der Waals surface area contributed by atoms with Gasteiger partial charge in [-0.1, -0.05) is 5.11 Å². The molecule has 0 aromatic carbocycles. The summed E-state index contributed by atoms with van der Waals surface area (Å²) in [6.07, 6.45) is 0. The van der Waals surface area contributed by atoms with Crippen molar-refractivity contribution >= 4 is 5.91 Å². The van der Waals surface area contributed by atoms with E-state index in [1.165, 1.54) is 0 Å². The average molecular weight is 220 g/mol. The standard InChI is InChI=1S/C9H12N6O/c1-6-3-8(12-14(6)2)9(16)15-4-7(5-15)11-13-10/h3,7H,4-5H2,1-2H3. The lowest BCUT2D eigenvalue weighted by Gasteiger charge is -2.35. The number of nitrogens with zero attached hydrogens (tertiary/aromatic N) is 6. The summed E-state index contributed by atoms with van der Waals surface area (Å²) < 4.78 is 1.66. The van der Waals surface area contributed by atoms with Crippen molar-refractivity contribution in [2.45, 2.75) is 13.0 Å². The van der Waals surface area contributed by atoms with Crippen molar-refractivity contribution in [2.24, 2.45) is 12.2 Å². The van der Waals surface area contributed by atoms with Crippen LogP contribution < -0.4 is 0 Å². The van der Waals surface area contributed by atoms with Crippen LogP contribution in [0.3, 0.4) is 0 Å². The number of carbonyl (C=O) groups is 1. The molecule has 0 spiro atoms. The third-order valence-electron chi connectivity index (χ3n) is 2.70. The fraction of sp³-hybridized carbons (Fsp3) is 0.556. The first kappa shape index (κ1) is 10.5. The summed E-state index contributed by atoms with van der Waals surface area (Å²) in [6.45, 7) is 2.86. The van der Waals surface area contributed by atoms with Gasteiger partial charge in [-0.3, -0.25) is 9.48 Å². The second-order valence-electron chi connectivity index (χ2n) is 3.86. The van der Waals surface area contributed by atoms with E-state index in [1.807, 2.05) is 6.92 Å². The van der Waals surface area contributed by atoms with Gasteiger partial charge in [0.2, 0.25) is 0 Å². The van der Waals surface area contributed by atoms with Crippen LogP contribution in [0.1, 0.15) is 16.2 Å². The molecule has 1 amide bonds. The molecule has 1 saturated heterocycles. The van der Waals surface area contributed by atoms with Crippen molar-refractivity contribution in [1.82, 2.24) is 14.7 Å². The Morgan fingerprint density at radius 1 is 1.69 bits per heavy atom. The van der Waals surface area contributed by atoms with E-state index in [9.17, 15) is 4.79 Å². The molecule has 7 nitrogen and oxygen atoms in total. The number of carbonyl (C=O) groups excluding carboxylic acids is 1. The van der Waals surface area contributed by atoms with Crippen LogP contribution in [0.5, 0.6) is 0 Å². The summed E-state index contributed by atoms with van der Waals surface area (Å²) in [5.41, 5.74) is 9.61. The first-order chi connectivity index (χ1) is 7.61. The van der Waals surface area contributed by atoms with Gasteiger partial charge in [0.1, 0.15) is 0 Å². The van der Waals surface area contributed by atoms with Gasteiger partial charge in [-0.05, 0) is 18.5 Å². The zero-order valence-corrected chi connectivity index (χ0v) is 9.16. The highest BCUT2D eigenvalue weighted by Crippen LogP contribution is 2.15. The number of aryl methyl sites for hydroxylation is 2. The zero-order valence-electron chi connectivity index (χ0n) is 9.16. The number of aromatic nitrogens is 2. The summed E-state index contributed by atoms with van der Waals surface area (Å²) in [5.74, 6) is -0.104. The smallest absolute Gasteiger partial charge is 0.274 e. The Bertz CT molecular complexity index is 447. The first-order valence-electron chi connectivity index (χ1n) is 4.96. The van der Waals surface area contributed by atoms with Crippen molar-refractivity contribution in [1.29, 1.82) is 0 Å². The highest BCUT2D eigenvalue weighted by molar-refractivity contribution is 5.93. The topological polar surface area (TPSA) is 86.9 Å². The second-order valence-corrected chi connectivity index (χ2v) is 3.86. The molecule has 0 N–H and O–H groups in total. The van der Waals surface area contributed by atoms with E-state index >= 15 is 0 Å². The Morgan fingerprint density at radius 2 is 2.38 bits per heavy atom. The second kappa shape index (κ2) is 3.86. The van der Waals surface area contributed by atoms with Gasteiger partial charge >= 0.3 is 0 Å². The monoisotopic (exact) mass is 220 g/mol. The van der Waals surface area contributed by atoms with E-state index < -0.39 is 0 Å². The molecule has 0 radical (unpaired) electrons. The summed E-state index contributed by atoms with van der Waals surface area (Å²) in [4.78, 5) is 16.2. The molecule has 1 aliphatic heterocycles. The lowest BCUT2D eigenvalue weighted by molar-refractivity contribution is 0.0601. The van der Waals surface area contributed by atoms with Crippen molar-refractivity contribution in [2.75, 3.05) is 13.1 Å². The molecule has 0 aliphatic carbocycles. The molecule has 1 aromatic rings. The molecular formula is C9H12N6O. The van der Waals surface area contributed by atoms with Gasteiger partial charge in [0.05, 0.1) is 6.04 Å². The largest absolute Gasteiger partial charge is 0.336 e. The molecule has 1 aromatic heterocycles. The molecule has 0 atom stereocenters. The van der Waals surface area contributed by atoms with Gasteiger partial charge in [-0.25, -0.2) is 0 Å². The number of amides is 1. The molecule has 0 unspecified atom stereocenters. The molecule has 0 bridgehead atoms. The van der Waals surface area contributed by atoms with Crippen LogP contribution in [0.25, 0.3) is 10.4 Å². The van der Waals surface area contributed by atoms with E-state index in [0.29, 0.717) is 18.8 Å². The quantitative estimate of drug-likeness (QED) is 0.420. The Hall–Kier alpha value is -2.01. The van der Waals surface area contributed by atoms with E-state index in [-0.39, 0.29) is 11.9 Å². The SMILES string of the molecule is Cc1cc(C(=O)N2CC(N=[N+]=[N-])C2)nn1C. The normalized spacial score (nSPS) is 15.5. The molecule has 1 aliphatic rings. The van der Waals surface area contributed by atoms with Crippen molar-refractivity contribution in [3.05, 3.63) is 27.9 Å². The summed E-state index contributed by atoms with van der Waals surface area (Å²) in [5, 5.41) is 7.65. The predicted molar refractivity (Wildman–Crippen MR) is 56.8 cm³/mol. The van der Waals surface area contributed by atoms with E-state index in [0.717, 1.165) is 5.69 Å². The summed E-state index contributed by atoms with van der Waals surface area (Å²) >= 11 is 0. The van der Waals surface area contributed by atoms with Crippen molar-refractivity contribution < 1.29 is 4.79 Å². The molecule has 16 heavy (non-hydrogen) atoms. The summed E-state index contributed by atoms with van der Waals surface area (Å²) in [6, 6.07) is 1.67. The van der Waals surface area contributed by atoms with Crippen molar-refractivity contribution in [3.8, 4) is 0 Å². The van der Waals surface area contributed by atoms with Crippen LogP contribution in [0, 0.1) is 6.92 Å². The number of hydrogen-bond donors (Lipinski definition) is 0. The van der Waals surface area contributed by atoms with Gasteiger partial charge in [0.25, 0.3) is 5.91 Å². The lowest BCUT2D eigenvalue weighted by atomic mass is 10.1. The Labute approximate surface area is 92.3 Å². The minimum atomic E-state index is -0.104. The van der Waals surface area contributed by atoms with Crippen molar-refractivity contribution in [3.63, 3.8) is 0 Å². The Kier molecular flexibility index (Phi) is 2.54. The number of likely N-dealkylation sites (tertiary alicyclic amines) is 1.